The molecule has 0 aliphatic heterocycles. The Balaban J connectivity index is 1.99. The predicted molar refractivity (Wildman–Crippen MR) is 109 cm³/mol. The van der Waals surface area contributed by atoms with Crippen LogP contribution in [0.15, 0.2) is 58.7 Å². The second-order valence-electron chi connectivity index (χ2n) is 5.50. The molecule has 0 heterocycles. The number of nitrogens with zero attached hydrogens (tertiary/aromatic N) is 3. The van der Waals surface area contributed by atoms with Gasteiger partial charge in [0.05, 0.1) is 26.6 Å². The molecule has 0 saturated heterocycles. The van der Waals surface area contributed by atoms with Crippen LogP contribution in [0.3, 0.4) is 0 Å². The van der Waals surface area contributed by atoms with Gasteiger partial charge in [-0.15, -0.1) is 0 Å². The van der Waals surface area contributed by atoms with Crippen LogP contribution in [0.4, 0.5) is 28.4 Å². The normalized spacial score (nSPS) is 11.2. The summed E-state index contributed by atoms with van der Waals surface area (Å²) in [7, 11) is 0. The maximum atomic E-state index is 11.1. The highest BCUT2D eigenvalue weighted by atomic mass is 35.5. The summed E-state index contributed by atoms with van der Waals surface area (Å²) in [6.07, 6.45) is 2.63. The van der Waals surface area contributed by atoms with Crippen LogP contribution in [0, 0.1) is 20.2 Å². The van der Waals surface area contributed by atoms with Crippen molar-refractivity contribution in [1.82, 2.24) is 5.43 Å². The first-order valence-electron chi connectivity index (χ1n) is 7.98. The number of nitro benzene ring substituents is 2. The molecule has 0 unspecified atom stereocenters. The van der Waals surface area contributed by atoms with E-state index in [0.717, 1.165) is 12.1 Å². The van der Waals surface area contributed by atoms with Gasteiger partial charge in [0.2, 0.25) is 5.91 Å². The van der Waals surface area contributed by atoms with Crippen LogP contribution in [-0.4, -0.2) is 22.0 Å². The number of nitro groups is 2. The summed E-state index contributed by atoms with van der Waals surface area (Å²) in [6, 6.07) is 9.90. The minimum absolute atomic E-state index is 0.0202. The largest absolute Gasteiger partial charge is 0.326 e. The van der Waals surface area contributed by atoms with Crippen LogP contribution in [0.1, 0.15) is 6.92 Å². The monoisotopic (exact) mass is 418 g/mol. The van der Waals surface area contributed by atoms with E-state index in [1.165, 1.54) is 25.4 Å². The van der Waals surface area contributed by atoms with Crippen molar-refractivity contribution in [3.05, 3.63) is 73.9 Å². The summed E-state index contributed by atoms with van der Waals surface area (Å²) in [5, 5.41) is 24.6. The Morgan fingerprint density at radius 3 is 2.38 bits per heavy atom. The SMILES string of the molecule is CC(=O)Nc1ccc(N=C/C(Cl)=C/NNc2ccc([N+](=O)[O-])cc2[N+](=O)[O-])cc1. The van der Waals surface area contributed by atoms with Crippen LogP contribution in [0.5, 0.6) is 0 Å². The van der Waals surface area contributed by atoms with Crippen LogP contribution in [-0.2, 0) is 4.79 Å². The average Bonchev–Trinajstić information content (AvgIpc) is 2.67. The van der Waals surface area contributed by atoms with Gasteiger partial charge in [0.15, 0.2) is 0 Å². The molecule has 150 valence electrons. The number of halogens is 1. The summed E-state index contributed by atoms with van der Waals surface area (Å²) >= 11 is 6.00. The molecule has 0 spiro atoms. The van der Waals surface area contributed by atoms with Crippen molar-refractivity contribution < 1.29 is 14.6 Å². The molecule has 11 nitrogen and oxygen atoms in total. The van der Waals surface area contributed by atoms with E-state index in [4.69, 9.17) is 11.6 Å². The molecule has 2 rings (SSSR count). The Bertz CT molecular complexity index is 990. The van der Waals surface area contributed by atoms with Gasteiger partial charge in [-0.2, -0.15) is 0 Å². The molecule has 0 atom stereocenters. The molecule has 29 heavy (non-hydrogen) atoms. The van der Waals surface area contributed by atoms with Gasteiger partial charge in [0.1, 0.15) is 5.69 Å². The van der Waals surface area contributed by atoms with Crippen molar-refractivity contribution >= 4 is 52.2 Å². The Kier molecular flexibility index (Phi) is 7.20. The van der Waals surface area contributed by atoms with Crippen molar-refractivity contribution in [3.63, 3.8) is 0 Å². The molecule has 2 aromatic carbocycles. The third kappa shape index (κ3) is 6.59. The Labute approximate surface area is 169 Å². The molecule has 0 saturated carbocycles. The quantitative estimate of drug-likeness (QED) is 0.334. The molecule has 12 heteroatoms. The number of carbonyl (C=O) groups excluding carboxylic acids is 1. The van der Waals surface area contributed by atoms with Crippen LogP contribution in [0.2, 0.25) is 0 Å². The number of carbonyl (C=O) groups is 1. The number of amides is 1. The van der Waals surface area contributed by atoms with E-state index < -0.39 is 21.2 Å². The Morgan fingerprint density at radius 2 is 1.79 bits per heavy atom. The van der Waals surface area contributed by atoms with E-state index in [1.54, 1.807) is 24.3 Å². The second kappa shape index (κ2) is 9.80. The number of allylic oxidation sites excluding steroid dienone is 1. The Morgan fingerprint density at radius 1 is 1.10 bits per heavy atom. The lowest BCUT2D eigenvalue weighted by Gasteiger charge is -2.06. The van der Waals surface area contributed by atoms with Crippen LogP contribution in [0.25, 0.3) is 0 Å². The van der Waals surface area contributed by atoms with E-state index in [2.05, 4.69) is 21.2 Å². The topological polar surface area (TPSA) is 152 Å². The van der Waals surface area contributed by atoms with Crippen molar-refractivity contribution in [2.24, 2.45) is 4.99 Å². The van der Waals surface area contributed by atoms with Crippen molar-refractivity contribution in [2.45, 2.75) is 6.92 Å². The molecule has 0 radical (unpaired) electrons. The van der Waals surface area contributed by atoms with Crippen LogP contribution < -0.4 is 16.2 Å². The highest BCUT2D eigenvalue weighted by molar-refractivity contribution is 6.39. The highest BCUT2D eigenvalue weighted by Gasteiger charge is 2.19. The molecular weight excluding hydrogens is 404 g/mol. The Hall–Kier alpha value is -3.99. The fourth-order valence-corrected chi connectivity index (χ4v) is 2.18. The smallest absolute Gasteiger partial charge is 0.300 e. The first-order chi connectivity index (χ1) is 13.8. The van der Waals surface area contributed by atoms with Gasteiger partial charge in [0.25, 0.3) is 5.69 Å². The van der Waals surface area contributed by atoms with E-state index in [1.807, 2.05) is 0 Å². The van der Waals surface area contributed by atoms with Crippen molar-refractivity contribution in [3.8, 4) is 0 Å². The van der Waals surface area contributed by atoms with Crippen molar-refractivity contribution in [1.29, 1.82) is 0 Å². The molecular formula is C17H15ClN6O5. The van der Waals surface area contributed by atoms with E-state index >= 15 is 0 Å². The number of hydrogen-bond acceptors (Lipinski definition) is 8. The number of non-ortho nitro benzene ring substituents is 1. The molecule has 0 aliphatic carbocycles. The van der Waals surface area contributed by atoms with Crippen molar-refractivity contribution in [2.75, 3.05) is 10.7 Å². The number of benzene rings is 2. The van der Waals surface area contributed by atoms with Gasteiger partial charge in [0, 0.05) is 31.1 Å². The maximum absolute atomic E-state index is 11.1. The molecule has 0 fully saturated rings. The zero-order chi connectivity index (χ0) is 21.4. The predicted octanol–water partition coefficient (Wildman–Crippen LogP) is 3.86. The third-order valence-electron chi connectivity index (χ3n) is 3.33. The van der Waals surface area contributed by atoms with Gasteiger partial charge >= 0.3 is 5.69 Å². The van der Waals surface area contributed by atoms with E-state index in [0.29, 0.717) is 11.4 Å². The van der Waals surface area contributed by atoms with Gasteiger partial charge in [-0.25, -0.2) is 0 Å². The lowest BCUT2D eigenvalue weighted by Crippen LogP contribution is -2.16. The highest BCUT2D eigenvalue weighted by Crippen LogP contribution is 2.28. The molecule has 0 aromatic heterocycles. The zero-order valence-corrected chi connectivity index (χ0v) is 15.7. The minimum atomic E-state index is -0.742. The molecule has 2 aromatic rings. The van der Waals surface area contributed by atoms with E-state index in [-0.39, 0.29) is 16.6 Å². The summed E-state index contributed by atoms with van der Waals surface area (Å²) < 4.78 is 0. The maximum Gasteiger partial charge on any atom is 0.300 e. The fraction of sp³-hybridized carbons (Fsp3) is 0.0588. The first kappa shape index (κ1) is 21.3. The number of nitrogens with one attached hydrogen (secondary N) is 3. The molecule has 1 amide bonds. The summed E-state index contributed by atoms with van der Waals surface area (Å²) in [5.41, 5.74) is 5.47. The van der Waals surface area contributed by atoms with Gasteiger partial charge < -0.3 is 10.7 Å². The molecule has 0 bridgehead atoms. The number of rotatable bonds is 8. The molecule has 0 aliphatic rings. The van der Waals surface area contributed by atoms with E-state index in [9.17, 15) is 25.0 Å². The van der Waals surface area contributed by atoms with Crippen LogP contribution >= 0.6 is 11.6 Å². The number of hydrazine groups is 1. The summed E-state index contributed by atoms with van der Waals surface area (Å²) in [4.78, 5) is 35.4. The van der Waals surface area contributed by atoms with Gasteiger partial charge in [-0.3, -0.25) is 35.4 Å². The minimum Gasteiger partial charge on any atom is -0.326 e. The van der Waals surface area contributed by atoms with Gasteiger partial charge in [-0.05, 0) is 30.3 Å². The zero-order valence-electron chi connectivity index (χ0n) is 15.0. The summed E-state index contributed by atoms with van der Waals surface area (Å²) in [6.45, 7) is 1.41. The molecule has 3 N–H and O–H groups in total. The fourth-order valence-electron chi connectivity index (χ4n) is 2.08. The summed E-state index contributed by atoms with van der Waals surface area (Å²) in [5.74, 6) is -0.181. The average molecular weight is 419 g/mol. The lowest BCUT2D eigenvalue weighted by molar-refractivity contribution is -0.393. The lowest BCUT2D eigenvalue weighted by atomic mass is 10.2. The first-order valence-corrected chi connectivity index (χ1v) is 8.36. The number of anilines is 2. The second-order valence-corrected chi connectivity index (χ2v) is 5.94. The van der Waals surface area contributed by atoms with Gasteiger partial charge in [-0.1, -0.05) is 11.6 Å². The number of aliphatic imine (C=N–C) groups is 1. The number of hydrogen-bond donors (Lipinski definition) is 3. The third-order valence-corrected chi connectivity index (χ3v) is 3.54. The standard InChI is InChI=1S/C17H15ClN6O5/c1-11(25)21-14-4-2-13(3-5-14)19-9-12(18)10-20-22-16-7-6-15(23(26)27)8-17(16)24(28)29/h2-10,20,22H,1H3,(H,21,25)/b12-10-,19-9?.